The van der Waals surface area contributed by atoms with Gasteiger partial charge in [-0.1, -0.05) is 19.1 Å². The van der Waals surface area contributed by atoms with Gasteiger partial charge in [0.05, 0.1) is 6.54 Å². The van der Waals surface area contributed by atoms with Crippen LogP contribution in [-0.2, 0) is 4.79 Å². The minimum absolute atomic E-state index is 0.263. The van der Waals surface area contributed by atoms with Crippen molar-refractivity contribution in [2.75, 3.05) is 32.7 Å². The third-order valence-electron chi connectivity index (χ3n) is 2.51. The van der Waals surface area contributed by atoms with Crippen LogP contribution in [0, 0.1) is 0 Å². The molecule has 0 atom stereocenters. The lowest BCUT2D eigenvalue weighted by Gasteiger charge is -2.33. The molecular weight excluding hydrogens is 176 g/mol. The van der Waals surface area contributed by atoms with Crippen LogP contribution in [0.3, 0.4) is 0 Å². The molecule has 0 aromatic heterocycles. The molecule has 1 saturated heterocycles. The highest BCUT2D eigenvalue weighted by Crippen LogP contribution is 2.07. The molecule has 3 nitrogen and oxygen atoms in total. The quantitative estimate of drug-likeness (QED) is 0.615. The first-order valence-electron chi connectivity index (χ1n) is 5.28. The van der Waals surface area contributed by atoms with Gasteiger partial charge in [0, 0.05) is 19.6 Å². The zero-order valence-electron chi connectivity index (χ0n) is 9.25. The number of likely N-dealkylation sites (N-methyl/N-ethyl adjacent to an activating group) is 1. The van der Waals surface area contributed by atoms with Crippen LogP contribution in [0.1, 0.15) is 20.3 Å². The molecule has 0 aliphatic carbocycles. The number of likely N-dealkylation sites (tertiary alicyclic amines) is 1. The Labute approximate surface area is 86.4 Å². The molecule has 0 aromatic rings. The fourth-order valence-corrected chi connectivity index (χ4v) is 1.52. The van der Waals surface area contributed by atoms with E-state index in [2.05, 4.69) is 18.4 Å². The highest BCUT2D eigenvalue weighted by molar-refractivity contribution is 5.78. The van der Waals surface area contributed by atoms with Crippen LogP contribution in [0.15, 0.2) is 12.2 Å². The Bertz CT molecular complexity index is 221. The second-order valence-electron chi connectivity index (χ2n) is 3.99. The highest BCUT2D eigenvalue weighted by Gasteiger charge is 2.21. The van der Waals surface area contributed by atoms with Crippen molar-refractivity contribution in [1.82, 2.24) is 9.80 Å². The van der Waals surface area contributed by atoms with Crippen LogP contribution >= 0.6 is 0 Å². The summed E-state index contributed by atoms with van der Waals surface area (Å²) < 4.78 is 0. The van der Waals surface area contributed by atoms with E-state index in [-0.39, 0.29) is 5.91 Å². The largest absolute Gasteiger partial charge is 0.341 e. The van der Waals surface area contributed by atoms with Gasteiger partial charge in [-0.05, 0) is 19.9 Å². The van der Waals surface area contributed by atoms with Crippen molar-refractivity contribution >= 4 is 5.91 Å². The van der Waals surface area contributed by atoms with Crippen molar-refractivity contribution in [2.24, 2.45) is 0 Å². The Morgan fingerprint density at radius 2 is 2.07 bits per heavy atom. The van der Waals surface area contributed by atoms with Gasteiger partial charge in [0.2, 0.25) is 5.91 Å². The molecule has 1 aliphatic heterocycles. The molecule has 1 amide bonds. The Hall–Kier alpha value is -0.830. The van der Waals surface area contributed by atoms with Crippen molar-refractivity contribution in [1.29, 1.82) is 0 Å². The Balaban J connectivity index is 2.31. The van der Waals surface area contributed by atoms with Gasteiger partial charge in [-0.25, -0.2) is 0 Å². The van der Waals surface area contributed by atoms with E-state index >= 15 is 0 Å². The summed E-state index contributed by atoms with van der Waals surface area (Å²) in [5, 5.41) is 0. The van der Waals surface area contributed by atoms with Crippen LogP contribution in [-0.4, -0.2) is 48.4 Å². The number of hydrogen-bond acceptors (Lipinski definition) is 2. The number of nitrogens with zero attached hydrogens (tertiary/aromatic N) is 2. The standard InChI is InChI=1S/C11H20N2O/c1-4-12(8-10(2)3)9-11(14)13-6-5-7-13/h2,4-9H2,1,3H3. The van der Waals surface area contributed by atoms with Gasteiger partial charge in [0.25, 0.3) is 0 Å². The van der Waals surface area contributed by atoms with Crippen LogP contribution in [0.5, 0.6) is 0 Å². The summed E-state index contributed by atoms with van der Waals surface area (Å²) in [6, 6.07) is 0. The van der Waals surface area contributed by atoms with Crippen molar-refractivity contribution in [2.45, 2.75) is 20.3 Å². The van der Waals surface area contributed by atoms with Crippen molar-refractivity contribution in [3.63, 3.8) is 0 Å². The number of hydrogen-bond donors (Lipinski definition) is 0. The first-order valence-corrected chi connectivity index (χ1v) is 5.28. The number of rotatable bonds is 5. The minimum Gasteiger partial charge on any atom is -0.341 e. The van der Waals surface area contributed by atoms with Gasteiger partial charge in [-0.3, -0.25) is 9.69 Å². The maximum Gasteiger partial charge on any atom is 0.236 e. The molecule has 0 bridgehead atoms. The molecule has 0 saturated carbocycles. The molecule has 3 heteroatoms. The van der Waals surface area contributed by atoms with Crippen molar-refractivity contribution in [3.05, 3.63) is 12.2 Å². The third kappa shape index (κ3) is 3.14. The summed E-state index contributed by atoms with van der Waals surface area (Å²) >= 11 is 0. The van der Waals surface area contributed by atoms with E-state index in [4.69, 9.17) is 0 Å². The fourth-order valence-electron chi connectivity index (χ4n) is 1.52. The molecule has 0 N–H and O–H groups in total. The van der Waals surface area contributed by atoms with Crippen LogP contribution in [0.2, 0.25) is 0 Å². The first kappa shape index (κ1) is 11.2. The lowest BCUT2D eigenvalue weighted by Crippen LogP contribution is -2.47. The molecule has 1 fully saturated rings. The summed E-state index contributed by atoms with van der Waals surface area (Å²) in [4.78, 5) is 15.7. The minimum atomic E-state index is 0.263. The zero-order chi connectivity index (χ0) is 10.6. The second-order valence-corrected chi connectivity index (χ2v) is 3.99. The van der Waals surface area contributed by atoms with Crippen molar-refractivity contribution < 1.29 is 4.79 Å². The average molecular weight is 196 g/mol. The number of carbonyl (C=O) groups excluding carboxylic acids is 1. The SMILES string of the molecule is C=C(C)CN(CC)CC(=O)N1CCC1. The summed E-state index contributed by atoms with van der Waals surface area (Å²) in [7, 11) is 0. The molecule has 0 aromatic carbocycles. The molecule has 1 aliphatic rings. The number of amides is 1. The molecule has 1 heterocycles. The van der Waals surface area contributed by atoms with E-state index in [9.17, 15) is 4.79 Å². The van der Waals surface area contributed by atoms with E-state index in [0.29, 0.717) is 6.54 Å². The fraction of sp³-hybridized carbons (Fsp3) is 0.727. The monoisotopic (exact) mass is 196 g/mol. The average Bonchev–Trinajstić information content (AvgIpc) is 1.98. The van der Waals surface area contributed by atoms with Gasteiger partial charge >= 0.3 is 0 Å². The highest BCUT2D eigenvalue weighted by atomic mass is 16.2. The molecule has 0 radical (unpaired) electrons. The molecule has 14 heavy (non-hydrogen) atoms. The molecule has 0 spiro atoms. The Morgan fingerprint density at radius 3 is 2.43 bits per heavy atom. The summed E-state index contributed by atoms with van der Waals surface area (Å²) in [6.45, 7) is 12.1. The van der Waals surface area contributed by atoms with Gasteiger partial charge in [0.1, 0.15) is 0 Å². The molecule has 80 valence electrons. The van der Waals surface area contributed by atoms with Gasteiger partial charge in [0.15, 0.2) is 0 Å². The Kier molecular flexibility index (Phi) is 4.14. The van der Waals surface area contributed by atoms with Crippen LogP contribution in [0.25, 0.3) is 0 Å². The van der Waals surface area contributed by atoms with E-state index in [1.807, 2.05) is 11.8 Å². The maximum atomic E-state index is 11.6. The van der Waals surface area contributed by atoms with E-state index < -0.39 is 0 Å². The predicted molar refractivity (Wildman–Crippen MR) is 58.1 cm³/mol. The Morgan fingerprint density at radius 1 is 1.43 bits per heavy atom. The third-order valence-corrected chi connectivity index (χ3v) is 2.51. The first-order chi connectivity index (χ1) is 6.63. The van der Waals surface area contributed by atoms with E-state index in [1.165, 1.54) is 6.42 Å². The van der Waals surface area contributed by atoms with E-state index in [1.54, 1.807) is 0 Å². The summed E-state index contributed by atoms with van der Waals surface area (Å²) in [6.07, 6.45) is 1.17. The number of carbonyl (C=O) groups is 1. The van der Waals surface area contributed by atoms with E-state index in [0.717, 1.165) is 31.8 Å². The van der Waals surface area contributed by atoms with Gasteiger partial charge in [-0.2, -0.15) is 0 Å². The lowest BCUT2D eigenvalue weighted by molar-refractivity contribution is -0.135. The van der Waals surface area contributed by atoms with Crippen LogP contribution < -0.4 is 0 Å². The topological polar surface area (TPSA) is 23.6 Å². The normalized spacial score (nSPS) is 15.5. The lowest BCUT2D eigenvalue weighted by atomic mass is 10.2. The van der Waals surface area contributed by atoms with Gasteiger partial charge in [-0.15, -0.1) is 0 Å². The molecule has 1 rings (SSSR count). The summed E-state index contributed by atoms with van der Waals surface area (Å²) in [5.74, 6) is 0.263. The smallest absolute Gasteiger partial charge is 0.236 e. The molecule has 0 unspecified atom stereocenters. The predicted octanol–water partition coefficient (Wildman–Crippen LogP) is 1.12. The van der Waals surface area contributed by atoms with Crippen molar-refractivity contribution in [3.8, 4) is 0 Å². The summed E-state index contributed by atoms with van der Waals surface area (Å²) in [5.41, 5.74) is 1.11. The second kappa shape index (κ2) is 5.15. The van der Waals surface area contributed by atoms with Gasteiger partial charge < -0.3 is 4.90 Å². The zero-order valence-corrected chi connectivity index (χ0v) is 9.25. The van der Waals surface area contributed by atoms with Crippen LogP contribution in [0.4, 0.5) is 0 Å². The maximum absolute atomic E-state index is 11.6. The molecular formula is C11H20N2O.